The molecule has 6 heteroatoms. The second kappa shape index (κ2) is 10.5. The molecule has 1 heterocycles. The summed E-state index contributed by atoms with van der Waals surface area (Å²) in [4.78, 5) is 15.3. The Morgan fingerprint density at radius 1 is 1.07 bits per heavy atom. The summed E-state index contributed by atoms with van der Waals surface area (Å²) in [6.45, 7) is 6.80. The Kier molecular flexibility index (Phi) is 7.71. The van der Waals surface area contributed by atoms with Crippen molar-refractivity contribution in [2.45, 2.75) is 32.9 Å². The number of carbonyl (C=O) groups excluding carboxylic acids is 1. The van der Waals surface area contributed by atoms with E-state index in [9.17, 15) is 4.79 Å². The Bertz CT molecular complexity index is 846. The van der Waals surface area contributed by atoms with E-state index >= 15 is 0 Å². The molecule has 1 unspecified atom stereocenters. The first-order valence-electron chi connectivity index (χ1n) is 10.7. The van der Waals surface area contributed by atoms with Crippen LogP contribution in [0.15, 0.2) is 36.4 Å². The maximum atomic E-state index is 12.5. The van der Waals surface area contributed by atoms with Gasteiger partial charge in [0.05, 0.1) is 34.4 Å². The molecule has 6 nitrogen and oxygen atoms in total. The molecular formula is C24H35N3O3+2. The molecule has 1 fully saturated rings. The van der Waals surface area contributed by atoms with Gasteiger partial charge in [-0.15, -0.1) is 0 Å². The molecule has 0 spiro atoms. The molecule has 3 rings (SSSR count). The number of rotatable bonds is 9. The van der Waals surface area contributed by atoms with E-state index in [0.717, 1.165) is 40.6 Å². The summed E-state index contributed by atoms with van der Waals surface area (Å²) in [5, 5.41) is 3.02. The van der Waals surface area contributed by atoms with Gasteiger partial charge in [0.1, 0.15) is 13.1 Å². The zero-order valence-electron chi connectivity index (χ0n) is 18.6. The number of amides is 1. The SMILES string of the molecule is COc1cc(C)c(C[NH+](C)CC(=O)Nc2ccc(C[NH+]3CCCC3)cc2)cc1OC. The maximum Gasteiger partial charge on any atom is 0.279 e. The molecule has 0 aromatic heterocycles. The lowest BCUT2D eigenvalue weighted by atomic mass is 10.1. The van der Waals surface area contributed by atoms with E-state index in [1.165, 1.54) is 31.5 Å². The smallest absolute Gasteiger partial charge is 0.279 e. The van der Waals surface area contributed by atoms with Gasteiger partial charge in [-0.3, -0.25) is 4.79 Å². The molecule has 1 aliphatic heterocycles. The van der Waals surface area contributed by atoms with Gasteiger partial charge in [-0.25, -0.2) is 0 Å². The predicted octanol–water partition coefficient (Wildman–Crippen LogP) is 0.844. The third-order valence-corrected chi connectivity index (χ3v) is 5.80. The van der Waals surface area contributed by atoms with E-state index < -0.39 is 0 Å². The Morgan fingerprint density at radius 3 is 2.33 bits per heavy atom. The van der Waals surface area contributed by atoms with Crippen molar-refractivity contribution in [2.75, 3.05) is 46.2 Å². The molecule has 3 N–H and O–H groups in total. The number of anilines is 1. The summed E-state index contributed by atoms with van der Waals surface area (Å²) in [7, 11) is 5.30. The number of likely N-dealkylation sites (tertiary alicyclic amines) is 1. The molecule has 1 amide bonds. The lowest BCUT2D eigenvalue weighted by Crippen LogP contribution is -3.08. The van der Waals surface area contributed by atoms with Crippen molar-refractivity contribution < 1.29 is 24.1 Å². The highest BCUT2D eigenvalue weighted by atomic mass is 16.5. The number of hydrogen-bond donors (Lipinski definition) is 3. The van der Waals surface area contributed by atoms with Crippen LogP contribution in [0.1, 0.15) is 29.5 Å². The molecule has 2 aromatic carbocycles. The summed E-state index contributed by atoms with van der Waals surface area (Å²) in [5.74, 6) is 1.46. The van der Waals surface area contributed by atoms with Crippen molar-refractivity contribution in [1.82, 2.24) is 0 Å². The summed E-state index contributed by atoms with van der Waals surface area (Å²) in [5.41, 5.74) is 4.46. The van der Waals surface area contributed by atoms with Crippen molar-refractivity contribution >= 4 is 11.6 Å². The molecule has 30 heavy (non-hydrogen) atoms. The molecule has 1 saturated heterocycles. The zero-order chi connectivity index (χ0) is 21.5. The molecule has 162 valence electrons. The topological polar surface area (TPSA) is 56.4 Å². The minimum atomic E-state index is 0.0172. The van der Waals surface area contributed by atoms with Crippen LogP contribution in [0, 0.1) is 6.92 Å². The summed E-state index contributed by atoms with van der Waals surface area (Å²) in [6.07, 6.45) is 2.67. The van der Waals surface area contributed by atoms with Crippen LogP contribution in [0.2, 0.25) is 0 Å². The quantitative estimate of drug-likeness (QED) is 0.571. The Labute approximate surface area is 179 Å². The summed E-state index contributed by atoms with van der Waals surface area (Å²) >= 11 is 0. The van der Waals surface area contributed by atoms with E-state index in [-0.39, 0.29) is 5.91 Å². The van der Waals surface area contributed by atoms with E-state index in [0.29, 0.717) is 12.3 Å². The molecule has 2 aromatic rings. The van der Waals surface area contributed by atoms with Gasteiger partial charge in [-0.1, -0.05) is 12.1 Å². The summed E-state index contributed by atoms with van der Waals surface area (Å²) in [6, 6.07) is 12.3. The number of likely N-dealkylation sites (N-methyl/N-ethyl adjacent to an activating group) is 1. The van der Waals surface area contributed by atoms with Crippen LogP contribution >= 0.6 is 0 Å². The first-order valence-corrected chi connectivity index (χ1v) is 10.7. The van der Waals surface area contributed by atoms with E-state index in [1.807, 2.05) is 31.3 Å². The van der Waals surface area contributed by atoms with Crippen molar-refractivity contribution in [3.63, 3.8) is 0 Å². The van der Waals surface area contributed by atoms with Crippen molar-refractivity contribution in [1.29, 1.82) is 0 Å². The average Bonchev–Trinajstić information content (AvgIpc) is 3.23. The predicted molar refractivity (Wildman–Crippen MR) is 118 cm³/mol. The van der Waals surface area contributed by atoms with Crippen LogP contribution in [0.4, 0.5) is 5.69 Å². The number of nitrogens with one attached hydrogen (secondary N) is 3. The normalized spacial score (nSPS) is 15.1. The molecule has 1 aliphatic rings. The minimum Gasteiger partial charge on any atom is -0.493 e. The first-order chi connectivity index (χ1) is 14.5. The van der Waals surface area contributed by atoms with Gasteiger partial charge >= 0.3 is 0 Å². The third-order valence-electron chi connectivity index (χ3n) is 5.80. The Hall–Kier alpha value is -2.57. The van der Waals surface area contributed by atoms with Crippen molar-refractivity contribution in [3.05, 3.63) is 53.1 Å². The van der Waals surface area contributed by atoms with Crippen LogP contribution < -0.4 is 24.6 Å². The fraction of sp³-hybridized carbons (Fsp3) is 0.458. The third kappa shape index (κ3) is 5.97. The fourth-order valence-electron chi connectivity index (χ4n) is 4.13. The Morgan fingerprint density at radius 2 is 1.70 bits per heavy atom. The van der Waals surface area contributed by atoms with Gasteiger partial charge in [-0.2, -0.15) is 0 Å². The van der Waals surface area contributed by atoms with Crippen LogP contribution in [0.25, 0.3) is 0 Å². The van der Waals surface area contributed by atoms with Crippen molar-refractivity contribution in [2.24, 2.45) is 0 Å². The van der Waals surface area contributed by atoms with Crippen molar-refractivity contribution in [3.8, 4) is 11.5 Å². The number of hydrogen-bond acceptors (Lipinski definition) is 3. The number of methoxy groups -OCH3 is 2. The second-order valence-electron chi connectivity index (χ2n) is 8.32. The summed E-state index contributed by atoms with van der Waals surface area (Å²) < 4.78 is 10.8. The molecule has 0 saturated carbocycles. The van der Waals surface area contributed by atoms with Gasteiger partial charge < -0.3 is 24.6 Å². The van der Waals surface area contributed by atoms with Crippen LogP contribution in [-0.2, 0) is 17.9 Å². The molecule has 0 radical (unpaired) electrons. The van der Waals surface area contributed by atoms with Gasteiger partial charge in [0.25, 0.3) is 5.91 Å². The molecule has 0 aliphatic carbocycles. The fourth-order valence-corrected chi connectivity index (χ4v) is 4.13. The van der Waals surface area contributed by atoms with Gasteiger partial charge in [0.15, 0.2) is 18.0 Å². The number of ether oxygens (including phenoxy) is 2. The Balaban J connectivity index is 1.52. The number of aryl methyl sites for hydroxylation is 1. The zero-order valence-corrected chi connectivity index (χ0v) is 18.6. The highest BCUT2D eigenvalue weighted by molar-refractivity contribution is 5.91. The second-order valence-corrected chi connectivity index (χ2v) is 8.32. The minimum absolute atomic E-state index is 0.0172. The lowest BCUT2D eigenvalue weighted by Gasteiger charge is -2.17. The monoisotopic (exact) mass is 413 g/mol. The van der Waals surface area contributed by atoms with Gasteiger partial charge in [0.2, 0.25) is 0 Å². The maximum absolute atomic E-state index is 12.5. The molecular weight excluding hydrogens is 378 g/mol. The molecule has 1 atom stereocenters. The first kappa shape index (κ1) is 22.1. The number of carbonyl (C=O) groups is 1. The number of benzene rings is 2. The average molecular weight is 414 g/mol. The van der Waals surface area contributed by atoms with E-state index in [1.54, 1.807) is 19.1 Å². The highest BCUT2D eigenvalue weighted by Crippen LogP contribution is 2.29. The highest BCUT2D eigenvalue weighted by Gasteiger charge is 2.17. The van der Waals surface area contributed by atoms with E-state index in [4.69, 9.17) is 9.47 Å². The molecule has 0 bridgehead atoms. The van der Waals surface area contributed by atoms with Gasteiger partial charge in [-0.05, 0) is 36.8 Å². The van der Waals surface area contributed by atoms with E-state index in [2.05, 4.69) is 24.4 Å². The lowest BCUT2D eigenvalue weighted by molar-refractivity contribution is -0.901. The van der Waals surface area contributed by atoms with Gasteiger partial charge in [0, 0.05) is 29.7 Å². The van der Waals surface area contributed by atoms with Crippen LogP contribution in [0.5, 0.6) is 11.5 Å². The van der Waals surface area contributed by atoms with Crippen LogP contribution in [0.3, 0.4) is 0 Å². The van der Waals surface area contributed by atoms with Crippen LogP contribution in [-0.4, -0.2) is 46.8 Å². The largest absolute Gasteiger partial charge is 0.493 e. The standard InChI is InChI=1S/C24H33N3O3/c1-18-13-22(29-3)23(30-4)14-20(18)16-26(2)17-24(28)25-21-9-7-19(8-10-21)15-27-11-5-6-12-27/h7-10,13-14H,5-6,11-12,15-17H2,1-4H3,(H,25,28)/p+2. The number of quaternary nitrogens is 2.